The quantitative estimate of drug-likeness (QED) is 0.530. The number of rotatable bonds is 4. The van der Waals surface area contributed by atoms with Crippen molar-refractivity contribution in [3.8, 4) is 22.9 Å². The number of nitriles is 1. The standard InChI is InChI=1S/C26H26ClN3O/c1-15-10-16(2)21(12-18(15)14-31-24-9-8-19(27)11-17(24)3)25-20-6-4-5-7-23(20)30-26(29)22(25)13-28/h8-12H,4-7,14H2,1-3H3,(H2,29,30). The average Bonchev–Trinajstić information content (AvgIpc) is 2.73. The molecule has 1 aliphatic carbocycles. The number of nitrogens with two attached hydrogens (primary N) is 1. The van der Waals surface area contributed by atoms with Crippen LogP contribution in [-0.2, 0) is 19.4 Å². The summed E-state index contributed by atoms with van der Waals surface area (Å²) in [6, 6.07) is 12.3. The van der Waals surface area contributed by atoms with E-state index in [9.17, 15) is 5.26 Å². The van der Waals surface area contributed by atoms with E-state index in [1.54, 1.807) is 0 Å². The third-order valence-electron chi connectivity index (χ3n) is 6.09. The van der Waals surface area contributed by atoms with Crippen molar-refractivity contribution < 1.29 is 4.74 Å². The van der Waals surface area contributed by atoms with Crippen LogP contribution < -0.4 is 10.5 Å². The van der Waals surface area contributed by atoms with Gasteiger partial charge in [-0.15, -0.1) is 0 Å². The van der Waals surface area contributed by atoms with E-state index >= 15 is 0 Å². The summed E-state index contributed by atoms with van der Waals surface area (Å²) in [6.07, 6.45) is 4.05. The van der Waals surface area contributed by atoms with Gasteiger partial charge in [0.25, 0.3) is 0 Å². The number of anilines is 1. The van der Waals surface area contributed by atoms with E-state index < -0.39 is 0 Å². The van der Waals surface area contributed by atoms with E-state index in [0.29, 0.717) is 23.0 Å². The van der Waals surface area contributed by atoms with E-state index in [2.05, 4.69) is 37.0 Å². The summed E-state index contributed by atoms with van der Waals surface area (Å²) in [5.74, 6) is 1.14. The minimum Gasteiger partial charge on any atom is -0.489 e. The van der Waals surface area contributed by atoms with Gasteiger partial charge in [0.1, 0.15) is 29.8 Å². The second kappa shape index (κ2) is 8.61. The monoisotopic (exact) mass is 431 g/mol. The Morgan fingerprint density at radius 3 is 2.58 bits per heavy atom. The van der Waals surface area contributed by atoms with Gasteiger partial charge in [-0.25, -0.2) is 4.98 Å². The van der Waals surface area contributed by atoms with Crippen LogP contribution >= 0.6 is 11.6 Å². The van der Waals surface area contributed by atoms with Crippen LogP contribution in [0.15, 0.2) is 30.3 Å². The molecule has 0 bridgehead atoms. The van der Waals surface area contributed by atoms with Gasteiger partial charge in [-0.1, -0.05) is 17.7 Å². The highest BCUT2D eigenvalue weighted by Gasteiger charge is 2.23. The first kappa shape index (κ1) is 21.2. The molecule has 0 amide bonds. The number of aryl methyl sites for hydroxylation is 4. The molecule has 0 spiro atoms. The topological polar surface area (TPSA) is 71.9 Å². The summed E-state index contributed by atoms with van der Waals surface area (Å²) in [5.41, 5.74) is 15.2. The van der Waals surface area contributed by atoms with Crippen LogP contribution in [0.5, 0.6) is 5.75 Å². The summed E-state index contributed by atoms with van der Waals surface area (Å²) in [5, 5.41) is 10.6. The Hall–Kier alpha value is -3.03. The first-order valence-corrected chi connectivity index (χ1v) is 11.0. The van der Waals surface area contributed by atoms with Gasteiger partial charge in [-0.2, -0.15) is 5.26 Å². The molecule has 158 valence electrons. The van der Waals surface area contributed by atoms with E-state index in [-0.39, 0.29) is 0 Å². The summed E-state index contributed by atoms with van der Waals surface area (Å²) in [4.78, 5) is 4.55. The highest BCUT2D eigenvalue weighted by atomic mass is 35.5. The lowest BCUT2D eigenvalue weighted by Crippen LogP contribution is -2.12. The fraction of sp³-hybridized carbons (Fsp3) is 0.308. The Morgan fingerprint density at radius 2 is 1.84 bits per heavy atom. The van der Waals surface area contributed by atoms with E-state index in [0.717, 1.165) is 70.5 Å². The molecule has 0 saturated carbocycles. The number of pyridine rings is 1. The van der Waals surface area contributed by atoms with Gasteiger partial charge in [-0.3, -0.25) is 0 Å². The predicted molar refractivity (Wildman–Crippen MR) is 125 cm³/mol. The van der Waals surface area contributed by atoms with Gasteiger partial charge in [0, 0.05) is 16.3 Å². The highest BCUT2D eigenvalue weighted by molar-refractivity contribution is 6.30. The van der Waals surface area contributed by atoms with Crippen molar-refractivity contribution in [3.05, 3.63) is 74.4 Å². The zero-order chi connectivity index (χ0) is 22.1. The van der Waals surface area contributed by atoms with Crippen LogP contribution in [0.1, 0.15) is 51.9 Å². The zero-order valence-electron chi connectivity index (χ0n) is 18.2. The third kappa shape index (κ3) is 4.11. The van der Waals surface area contributed by atoms with E-state index in [1.807, 2.05) is 25.1 Å². The lowest BCUT2D eigenvalue weighted by Gasteiger charge is -2.23. The lowest BCUT2D eigenvalue weighted by molar-refractivity contribution is 0.303. The molecular formula is C26H26ClN3O. The zero-order valence-corrected chi connectivity index (χ0v) is 18.9. The van der Waals surface area contributed by atoms with Gasteiger partial charge in [-0.05, 0) is 104 Å². The molecule has 0 aliphatic heterocycles. The van der Waals surface area contributed by atoms with Crippen molar-refractivity contribution in [2.24, 2.45) is 0 Å². The summed E-state index contributed by atoms with van der Waals surface area (Å²) >= 11 is 6.07. The minimum atomic E-state index is 0.327. The molecule has 1 heterocycles. The number of hydrogen-bond donors (Lipinski definition) is 1. The molecule has 4 rings (SSSR count). The molecule has 0 fully saturated rings. The highest BCUT2D eigenvalue weighted by Crippen LogP contribution is 2.38. The molecule has 1 aliphatic rings. The van der Waals surface area contributed by atoms with Crippen LogP contribution in [0.4, 0.5) is 5.82 Å². The maximum absolute atomic E-state index is 9.88. The van der Waals surface area contributed by atoms with Gasteiger partial charge >= 0.3 is 0 Å². The van der Waals surface area contributed by atoms with Crippen LogP contribution in [0, 0.1) is 32.1 Å². The van der Waals surface area contributed by atoms with Crippen molar-refractivity contribution in [2.45, 2.75) is 53.1 Å². The van der Waals surface area contributed by atoms with Gasteiger partial charge < -0.3 is 10.5 Å². The van der Waals surface area contributed by atoms with E-state index in [1.165, 1.54) is 5.56 Å². The van der Waals surface area contributed by atoms with Crippen molar-refractivity contribution >= 4 is 17.4 Å². The molecule has 3 aromatic rings. The minimum absolute atomic E-state index is 0.327. The number of hydrogen-bond acceptors (Lipinski definition) is 4. The first-order valence-electron chi connectivity index (χ1n) is 10.6. The molecular weight excluding hydrogens is 406 g/mol. The van der Waals surface area contributed by atoms with Crippen molar-refractivity contribution in [1.29, 1.82) is 5.26 Å². The Labute approximate surface area is 188 Å². The fourth-order valence-electron chi connectivity index (χ4n) is 4.42. The second-order valence-electron chi connectivity index (χ2n) is 8.28. The third-order valence-corrected chi connectivity index (χ3v) is 6.32. The van der Waals surface area contributed by atoms with Crippen LogP contribution in [0.25, 0.3) is 11.1 Å². The Bertz CT molecular complexity index is 1210. The summed E-state index contributed by atoms with van der Waals surface area (Å²) < 4.78 is 6.12. The van der Waals surface area contributed by atoms with Gasteiger partial charge in [0.05, 0.1) is 0 Å². The first-order chi connectivity index (χ1) is 14.9. The van der Waals surface area contributed by atoms with Crippen LogP contribution in [0.2, 0.25) is 5.02 Å². The largest absolute Gasteiger partial charge is 0.489 e. The lowest BCUT2D eigenvalue weighted by atomic mass is 9.84. The number of nitrogen functional groups attached to an aromatic ring is 1. The number of aromatic nitrogens is 1. The summed E-state index contributed by atoms with van der Waals surface area (Å²) in [6.45, 7) is 6.60. The molecule has 2 aromatic carbocycles. The summed E-state index contributed by atoms with van der Waals surface area (Å²) in [7, 11) is 0. The van der Waals surface area contributed by atoms with Gasteiger partial charge in [0.15, 0.2) is 0 Å². The smallest absolute Gasteiger partial charge is 0.142 e. The fourth-order valence-corrected chi connectivity index (χ4v) is 4.65. The van der Waals surface area contributed by atoms with E-state index in [4.69, 9.17) is 22.1 Å². The number of fused-ring (bicyclic) bond motifs is 1. The molecule has 0 saturated heterocycles. The maximum Gasteiger partial charge on any atom is 0.142 e. The molecule has 4 nitrogen and oxygen atoms in total. The maximum atomic E-state index is 9.88. The number of ether oxygens (including phenoxy) is 1. The second-order valence-corrected chi connectivity index (χ2v) is 8.72. The molecule has 1 aromatic heterocycles. The SMILES string of the molecule is Cc1cc(C)c(-c2c(C#N)c(N)nc3c2CCCC3)cc1COc1ccc(Cl)cc1C. The molecule has 2 N–H and O–H groups in total. The molecule has 0 radical (unpaired) electrons. The molecule has 0 unspecified atom stereocenters. The molecule has 5 heteroatoms. The molecule has 0 atom stereocenters. The Balaban J connectivity index is 1.79. The van der Waals surface area contributed by atoms with Crippen LogP contribution in [-0.4, -0.2) is 4.98 Å². The number of halogens is 1. The van der Waals surface area contributed by atoms with Crippen molar-refractivity contribution in [1.82, 2.24) is 4.98 Å². The normalized spacial score (nSPS) is 12.9. The Kier molecular flexibility index (Phi) is 5.89. The molecule has 31 heavy (non-hydrogen) atoms. The average molecular weight is 432 g/mol. The van der Waals surface area contributed by atoms with Crippen molar-refractivity contribution in [3.63, 3.8) is 0 Å². The van der Waals surface area contributed by atoms with Crippen molar-refractivity contribution in [2.75, 3.05) is 5.73 Å². The number of nitrogens with zero attached hydrogens (tertiary/aromatic N) is 2. The predicted octanol–water partition coefficient (Wildman–Crippen LogP) is 6.24. The Morgan fingerprint density at radius 1 is 1.06 bits per heavy atom. The van der Waals surface area contributed by atoms with Crippen LogP contribution in [0.3, 0.4) is 0 Å². The van der Waals surface area contributed by atoms with Gasteiger partial charge in [0.2, 0.25) is 0 Å². The number of benzene rings is 2.